The number of rotatable bonds is 47. The molecule has 0 aromatic rings. The third-order valence-electron chi connectivity index (χ3n) is 12.4. The molecular formula is C51H95O6. The predicted octanol–water partition coefficient (Wildman–Crippen LogP) is 14.7. The third kappa shape index (κ3) is 27.9. The largest absolute Gasteiger partial charge is 0.372 e. The van der Waals surface area contributed by atoms with Gasteiger partial charge in [-0.15, -0.1) is 0 Å². The third-order valence-corrected chi connectivity index (χ3v) is 12.4. The smallest absolute Gasteiger partial charge is 0.245 e. The van der Waals surface area contributed by atoms with Crippen LogP contribution in [0.3, 0.4) is 0 Å². The summed E-state index contributed by atoms with van der Waals surface area (Å²) < 4.78 is 0. The number of aliphatic hydroxyl groups is 2. The summed E-state index contributed by atoms with van der Waals surface area (Å²) in [4.78, 5) is 53.2. The second-order valence-electron chi connectivity index (χ2n) is 17.8. The van der Waals surface area contributed by atoms with E-state index in [0.29, 0.717) is 19.3 Å². The van der Waals surface area contributed by atoms with Gasteiger partial charge in [0.15, 0.2) is 17.3 Å². The first-order chi connectivity index (χ1) is 27.8. The summed E-state index contributed by atoms with van der Waals surface area (Å²) in [7, 11) is 0. The van der Waals surface area contributed by atoms with Crippen LogP contribution in [0.4, 0.5) is 0 Å². The Kier molecular flexibility index (Phi) is 39.0. The van der Waals surface area contributed by atoms with E-state index in [1.807, 2.05) is 0 Å². The Balaban J connectivity index is 4.94. The van der Waals surface area contributed by atoms with Crippen molar-refractivity contribution in [3.8, 4) is 0 Å². The van der Waals surface area contributed by atoms with E-state index in [1.165, 1.54) is 160 Å². The number of ketones is 3. The van der Waals surface area contributed by atoms with Gasteiger partial charge >= 0.3 is 0 Å². The Morgan fingerprint density at radius 3 is 0.684 bits per heavy atom. The van der Waals surface area contributed by atoms with Gasteiger partial charge < -0.3 is 10.2 Å². The van der Waals surface area contributed by atoms with Crippen LogP contribution in [0.15, 0.2) is 0 Å². The second-order valence-corrected chi connectivity index (χ2v) is 17.8. The van der Waals surface area contributed by atoms with Crippen molar-refractivity contribution in [2.45, 2.75) is 302 Å². The maximum absolute atomic E-state index is 13.7. The van der Waals surface area contributed by atoms with Crippen molar-refractivity contribution in [3.63, 3.8) is 0 Å². The van der Waals surface area contributed by atoms with Crippen molar-refractivity contribution in [2.24, 2.45) is 0 Å². The van der Waals surface area contributed by atoms with Crippen molar-refractivity contribution in [1.29, 1.82) is 0 Å². The van der Waals surface area contributed by atoms with E-state index >= 15 is 0 Å². The molecule has 0 aromatic heterocycles. The summed E-state index contributed by atoms with van der Waals surface area (Å²) in [5, 5.41) is 23.3. The highest BCUT2D eigenvalue weighted by atomic mass is 16.4. The van der Waals surface area contributed by atoms with Gasteiger partial charge in [-0.2, -0.15) is 0 Å². The summed E-state index contributed by atoms with van der Waals surface area (Å²) in [6.07, 6.45) is 44.9. The van der Waals surface area contributed by atoms with Gasteiger partial charge in [-0.25, -0.2) is 0 Å². The van der Waals surface area contributed by atoms with E-state index in [0.717, 1.165) is 77.0 Å². The molecule has 0 bridgehead atoms. The molecule has 0 saturated carbocycles. The maximum atomic E-state index is 13.7. The van der Waals surface area contributed by atoms with Gasteiger partial charge in [0.2, 0.25) is 17.5 Å². The Bertz CT molecular complexity index is 904. The van der Waals surface area contributed by atoms with E-state index in [9.17, 15) is 29.4 Å². The molecule has 0 aromatic carbocycles. The lowest BCUT2D eigenvalue weighted by atomic mass is 9.71. The quantitative estimate of drug-likeness (QED) is 0.0468. The van der Waals surface area contributed by atoms with Gasteiger partial charge in [0.25, 0.3) is 0 Å². The first-order valence-electron chi connectivity index (χ1n) is 25.2. The van der Waals surface area contributed by atoms with Crippen LogP contribution < -0.4 is 0 Å². The zero-order chi connectivity index (χ0) is 42.1. The van der Waals surface area contributed by atoms with Crippen molar-refractivity contribution in [1.82, 2.24) is 0 Å². The number of carbonyl (C=O) groups is 3. The molecule has 0 aliphatic heterocycles. The van der Waals surface area contributed by atoms with Gasteiger partial charge in [0.1, 0.15) is 0 Å². The van der Waals surface area contributed by atoms with E-state index < -0.39 is 28.6 Å². The fourth-order valence-electron chi connectivity index (χ4n) is 8.34. The molecule has 0 aliphatic carbocycles. The first-order valence-corrected chi connectivity index (χ1v) is 25.2. The van der Waals surface area contributed by atoms with Crippen LogP contribution in [0.2, 0.25) is 0 Å². The molecule has 0 heterocycles. The molecule has 0 unspecified atom stereocenters. The Hall–Kier alpha value is -1.40. The molecule has 335 valence electrons. The molecule has 57 heavy (non-hydrogen) atoms. The summed E-state index contributed by atoms with van der Waals surface area (Å²) in [6.45, 7) is 6.72. The van der Waals surface area contributed by atoms with Crippen molar-refractivity contribution in [2.75, 3.05) is 0 Å². The number of Topliss-reactive ketones (excluding diaryl/α,β-unsaturated/α-hetero) is 3. The van der Waals surface area contributed by atoms with Gasteiger partial charge in [-0.3, -0.25) is 19.2 Å². The zero-order valence-electron chi connectivity index (χ0n) is 38.2. The van der Waals surface area contributed by atoms with Gasteiger partial charge in [-0.1, -0.05) is 252 Å². The molecule has 1 radical (unpaired) electrons. The number of hydrogen-bond donors (Lipinski definition) is 2. The molecule has 0 aliphatic rings. The van der Waals surface area contributed by atoms with Crippen molar-refractivity contribution >= 4 is 23.6 Å². The minimum Gasteiger partial charge on any atom is -0.372 e. The van der Waals surface area contributed by atoms with Crippen LogP contribution in [-0.2, 0) is 19.2 Å². The SMILES string of the molecule is CCCCCCCCCCCCCCCC(=O)C(O)(C(=O)CCCCCCCCCCCCCCC)[C@](O)([C]=O)C(=O)CCCCCCCCCCCCCCC. The number of carbonyl (C=O) groups excluding carboxylic acids is 4. The molecule has 6 heteroatoms. The van der Waals surface area contributed by atoms with Crippen LogP contribution in [0, 0.1) is 0 Å². The summed E-state index contributed by atoms with van der Waals surface area (Å²) in [6, 6.07) is 0. The zero-order valence-corrected chi connectivity index (χ0v) is 38.2. The maximum Gasteiger partial charge on any atom is 0.245 e. The highest BCUT2D eigenvalue weighted by Gasteiger charge is 2.63. The lowest BCUT2D eigenvalue weighted by Crippen LogP contribution is -2.68. The van der Waals surface area contributed by atoms with Crippen LogP contribution in [0.25, 0.3) is 0 Å². The molecule has 0 spiro atoms. The summed E-state index contributed by atoms with van der Waals surface area (Å²) in [5.74, 6) is -2.81. The second kappa shape index (κ2) is 40.0. The van der Waals surface area contributed by atoms with Crippen LogP contribution in [0.1, 0.15) is 290 Å². The number of unbranched alkanes of at least 4 members (excludes halogenated alkanes) is 36. The van der Waals surface area contributed by atoms with Crippen LogP contribution in [-0.4, -0.2) is 45.1 Å². The van der Waals surface area contributed by atoms with E-state index in [4.69, 9.17) is 0 Å². The number of hydrogen-bond acceptors (Lipinski definition) is 6. The molecule has 0 saturated heterocycles. The Morgan fingerprint density at radius 2 is 0.491 bits per heavy atom. The molecule has 0 amide bonds. The molecule has 6 nitrogen and oxygen atoms in total. The Morgan fingerprint density at radius 1 is 0.316 bits per heavy atom. The highest BCUT2D eigenvalue weighted by Crippen LogP contribution is 2.31. The van der Waals surface area contributed by atoms with E-state index in [2.05, 4.69) is 20.8 Å². The topological polar surface area (TPSA) is 109 Å². The minimum absolute atomic E-state index is 0.158. The molecule has 0 fully saturated rings. The standard InChI is InChI=1S/C51H95O6/c1-4-7-10-13-16-19-22-25-28-31-34-37-40-43-47(53)50(56,46-52)51(57,48(54)44-41-38-35-32-29-26-23-20-17-14-11-8-5-2)49(55)45-42-39-36-33-30-27-24-21-18-15-12-9-6-3/h56-57H,4-45H2,1-3H3/t50-/m0/s1. The van der Waals surface area contributed by atoms with E-state index in [-0.39, 0.29) is 19.3 Å². The molecular weight excluding hydrogens is 709 g/mol. The molecule has 0 rings (SSSR count). The fourth-order valence-corrected chi connectivity index (χ4v) is 8.34. The Labute approximate surface area is 353 Å². The molecule has 2 N–H and O–H groups in total. The lowest BCUT2D eigenvalue weighted by molar-refractivity contribution is -0.176. The fraction of sp³-hybridized carbons (Fsp3) is 0.922. The van der Waals surface area contributed by atoms with Crippen molar-refractivity contribution < 1.29 is 29.4 Å². The highest BCUT2D eigenvalue weighted by molar-refractivity contribution is 6.21. The summed E-state index contributed by atoms with van der Waals surface area (Å²) in [5.41, 5.74) is -6.26. The van der Waals surface area contributed by atoms with Gasteiger partial charge in [0.05, 0.1) is 0 Å². The lowest BCUT2D eigenvalue weighted by Gasteiger charge is -2.36. The normalized spacial score (nSPS) is 12.9. The first kappa shape index (κ1) is 55.6. The monoisotopic (exact) mass is 804 g/mol. The predicted molar refractivity (Wildman–Crippen MR) is 242 cm³/mol. The average Bonchev–Trinajstić information content (AvgIpc) is 3.21. The van der Waals surface area contributed by atoms with Crippen LogP contribution in [0.5, 0.6) is 0 Å². The van der Waals surface area contributed by atoms with Crippen LogP contribution >= 0.6 is 0 Å². The summed E-state index contributed by atoms with van der Waals surface area (Å²) >= 11 is 0. The minimum atomic E-state index is -3.18. The van der Waals surface area contributed by atoms with E-state index in [1.54, 1.807) is 0 Å². The van der Waals surface area contributed by atoms with Gasteiger partial charge in [0, 0.05) is 19.3 Å². The van der Waals surface area contributed by atoms with Crippen molar-refractivity contribution in [3.05, 3.63) is 0 Å². The molecule has 1 atom stereocenters. The average molecular weight is 804 g/mol. The van der Waals surface area contributed by atoms with Gasteiger partial charge in [-0.05, 0) is 19.3 Å².